The van der Waals surface area contributed by atoms with Gasteiger partial charge in [0.15, 0.2) is 0 Å². The predicted molar refractivity (Wildman–Crippen MR) is 139 cm³/mol. The molecule has 9 heteroatoms. The van der Waals surface area contributed by atoms with Crippen molar-refractivity contribution < 1.29 is 9.13 Å². The van der Waals surface area contributed by atoms with E-state index in [1.807, 2.05) is 25.1 Å². The molecule has 1 aromatic carbocycles. The molecule has 0 bridgehead atoms. The van der Waals surface area contributed by atoms with Crippen LogP contribution in [0.1, 0.15) is 24.4 Å². The molecule has 3 aromatic heterocycles. The average Bonchev–Trinajstić information content (AvgIpc) is 3.61. The Kier molecular flexibility index (Phi) is 6.49. The maximum absolute atomic E-state index is 14.8. The third-order valence-electron chi connectivity index (χ3n) is 6.65. The molecule has 1 aliphatic carbocycles. The molecule has 0 N–H and O–H groups in total. The number of ether oxygens (including phenoxy) is 1. The van der Waals surface area contributed by atoms with Crippen molar-refractivity contribution >= 4 is 28.3 Å². The van der Waals surface area contributed by atoms with Gasteiger partial charge in [-0.15, -0.1) is 0 Å². The zero-order chi connectivity index (χ0) is 25.4. The van der Waals surface area contributed by atoms with Crippen LogP contribution in [-0.4, -0.2) is 44.8 Å². The number of anilines is 1. The van der Waals surface area contributed by atoms with E-state index in [9.17, 15) is 9.18 Å². The lowest BCUT2D eigenvalue weighted by atomic mass is 10.1. The van der Waals surface area contributed by atoms with Gasteiger partial charge in [-0.1, -0.05) is 17.7 Å². The van der Waals surface area contributed by atoms with E-state index in [0.29, 0.717) is 53.0 Å². The molecule has 7 nitrogen and oxygen atoms in total. The quantitative estimate of drug-likeness (QED) is 0.386. The molecule has 2 fully saturated rings. The largest absolute Gasteiger partial charge is 0.371 e. The van der Waals surface area contributed by atoms with Crippen molar-refractivity contribution in [1.29, 1.82) is 0 Å². The highest BCUT2D eigenvalue weighted by Crippen LogP contribution is 2.43. The van der Waals surface area contributed by atoms with Crippen molar-refractivity contribution in [3.05, 3.63) is 81.4 Å². The van der Waals surface area contributed by atoms with Crippen LogP contribution in [0.2, 0.25) is 5.02 Å². The van der Waals surface area contributed by atoms with Crippen molar-refractivity contribution in [3.8, 4) is 11.3 Å². The molecule has 2 aliphatic rings. The number of fused-ring (bicyclic) bond motifs is 1. The van der Waals surface area contributed by atoms with Crippen molar-refractivity contribution in [1.82, 2.24) is 19.5 Å². The molecular weight excluding hydrogens is 481 g/mol. The summed E-state index contributed by atoms with van der Waals surface area (Å²) in [5.74, 6) is 0.680. The molecule has 0 radical (unpaired) electrons. The van der Waals surface area contributed by atoms with Crippen LogP contribution in [0.3, 0.4) is 0 Å². The van der Waals surface area contributed by atoms with Crippen molar-refractivity contribution in [2.75, 3.05) is 24.6 Å². The van der Waals surface area contributed by atoms with Crippen LogP contribution < -0.4 is 10.5 Å². The molecule has 186 valence electrons. The van der Waals surface area contributed by atoms with Crippen LogP contribution in [-0.2, 0) is 11.8 Å². The van der Waals surface area contributed by atoms with Gasteiger partial charge >= 0.3 is 0 Å². The lowest BCUT2D eigenvalue weighted by Gasteiger charge is -2.34. The SMILES string of the molecule is Cc1ccccn1.Cc1nc2c(-c3ccc(Cl)cc3F)nc(N3CCOC4(CC4)C3)cc2c(=O)n1C. The van der Waals surface area contributed by atoms with E-state index >= 15 is 0 Å². The highest BCUT2D eigenvalue weighted by molar-refractivity contribution is 6.30. The summed E-state index contributed by atoms with van der Waals surface area (Å²) in [5, 5.41) is 0.722. The zero-order valence-electron chi connectivity index (χ0n) is 20.5. The number of nitrogens with zero attached hydrogens (tertiary/aromatic N) is 5. The van der Waals surface area contributed by atoms with Gasteiger partial charge in [0.05, 0.1) is 17.6 Å². The number of aryl methyl sites for hydroxylation is 2. The first-order chi connectivity index (χ1) is 17.3. The van der Waals surface area contributed by atoms with E-state index in [2.05, 4.69) is 14.9 Å². The zero-order valence-corrected chi connectivity index (χ0v) is 21.2. The summed E-state index contributed by atoms with van der Waals surface area (Å²) in [6.45, 7) is 5.71. The molecule has 1 saturated carbocycles. The van der Waals surface area contributed by atoms with Crippen molar-refractivity contribution in [2.45, 2.75) is 32.3 Å². The van der Waals surface area contributed by atoms with Gasteiger partial charge in [-0.2, -0.15) is 0 Å². The van der Waals surface area contributed by atoms with Crippen LogP contribution in [0, 0.1) is 19.7 Å². The smallest absolute Gasteiger partial charge is 0.261 e. The summed E-state index contributed by atoms with van der Waals surface area (Å²) in [5.41, 5.74) is 1.81. The van der Waals surface area contributed by atoms with E-state index in [1.165, 1.54) is 10.6 Å². The second-order valence-electron chi connectivity index (χ2n) is 9.30. The number of hydrogen-bond acceptors (Lipinski definition) is 6. The van der Waals surface area contributed by atoms with Gasteiger partial charge in [-0.3, -0.25) is 14.3 Å². The molecule has 36 heavy (non-hydrogen) atoms. The first-order valence-corrected chi connectivity index (χ1v) is 12.2. The Balaban J connectivity index is 0.000000330. The monoisotopic (exact) mass is 507 g/mol. The molecule has 1 aliphatic heterocycles. The molecule has 0 unspecified atom stereocenters. The molecule has 1 spiro atoms. The molecule has 6 rings (SSSR count). The molecule has 0 amide bonds. The lowest BCUT2D eigenvalue weighted by Crippen LogP contribution is -2.44. The van der Waals surface area contributed by atoms with E-state index in [1.54, 1.807) is 38.4 Å². The number of halogens is 2. The topological polar surface area (TPSA) is 73.1 Å². The number of morpholine rings is 1. The fourth-order valence-corrected chi connectivity index (χ4v) is 4.49. The Morgan fingerprint density at radius 1 is 1.11 bits per heavy atom. The molecule has 0 atom stereocenters. The van der Waals surface area contributed by atoms with Gasteiger partial charge < -0.3 is 9.64 Å². The van der Waals surface area contributed by atoms with Gasteiger partial charge in [-0.05, 0) is 63.1 Å². The summed E-state index contributed by atoms with van der Waals surface area (Å²) in [4.78, 5) is 28.4. The van der Waals surface area contributed by atoms with Gasteiger partial charge in [0.25, 0.3) is 5.56 Å². The van der Waals surface area contributed by atoms with E-state index in [0.717, 1.165) is 18.5 Å². The number of hydrogen-bond donors (Lipinski definition) is 0. The fraction of sp³-hybridized carbons (Fsp3) is 0.333. The average molecular weight is 508 g/mol. The van der Waals surface area contributed by atoms with E-state index < -0.39 is 5.82 Å². The second kappa shape index (κ2) is 9.59. The van der Waals surface area contributed by atoms with Gasteiger partial charge in [0, 0.05) is 42.6 Å². The fourth-order valence-electron chi connectivity index (χ4n) is 4.33. The Morgan fingerprint density at radius 2 is 1.92 bits per heavy atom. The summed E-state index contributed by atoms with van der Waals surface area (Å²) in [6.07, 6.45) is 3.84. The first kappa shape index (κ1) is 24.3. The summed E-state index contributed by atoms with van der Waals surface area (Å²) in [6, 6.07) is 12.1. The van der Waals surface area contributed by atoms with Crippen LogP contribution in [0.5, 0.6) is 0 Å². The van der Waals surface area contributed by atoms with Crippen LogP contribution in [0.4, 0.5) is 10.2 Å². The third kappa shape index (κ3) is 4.83. The molecule has 1 saturated heterocycles. The molecular formula is C27H27ClFN5O2. The predicted octanol–water partition coefficient (Wildman–Crippen LogP) is 4.86. The number of rotatable bonds is 2. The summed E-state index contributed by atoms with van der Waals surface area (Å²) < 4.78 is 22.2. The minimum Gasteiger partial charge on any atom is -0.371 e. The van der Waals surface area contributed by atoms with E-state index in [4.69, 9.17) is 21.3 Å². The number of pyridine rings is 2. The molecule has 4 heterocycles. The Hall–Kier alpha value is -3.36. The summed E-state index contributed by atoms with van der Waals surface area (Å²) in [7, 11) is 1.68. The maximum Gasteiger partial charge on any atom is 0.261 e. The van der Waals surface area contributed by atoms with Crippen LogP contribution in [0.15, 0.2) is 53.5 Å². The van der Waals surface area contributed by atoms with Gasteiger partial charge in [0.2, 0.25) is 0 Å². The lowest BCUT2D eigenvalue weighted by molar-refractivity contribution is 0.0204. The van der Waals surface area contributed by atoms with Gasteiger partial charge in [-0.25, -0.2) is 14.4 Å². The Morgan fingerprint density at radius 3 is 2.56 bits per heavy atom. The highest BCUT2D eigenvalue weighted by atomic mass is 35.5. The minimum atomic E-state index is -0.496. The van der Waals surface area contributed by atoms with Crippen molar-refractivity contribution in [2.24, 2.45) is 7.05 Å². The van der Waals surface area contributed by atoms with Crippen LogP contribution >= 0.6 is 11.6 Å². The molecule has 4 aromatic rings. The van der Waals surface area contributed by atoms with Crippen molar-refractivity contribution in [3.63, 3.8) is 0 Å². The normalized spacial score (nSPS) is 16.1. The second-order valence-corrected chi connectivity index (χ2v) is 9.73. The Bertz CT molecular complexity index is 1490. The standard InChI is InChI=1S/C21H20ClFN4O2.C6H7N/c1-12-24-19-15(20(28)26(12)2)10-17(27-7-8-29-21(11-27)5-6-21)25-18(19)14-4-3-13(22)9-16(14)23;1-6-4-2-3-5-7-6/h3-4,9-10H,5-8,11H2,1-2H3;2-5H,1H3. The maximum atomic E-state index is 14.8. The van der Waals surface area contributed by atoms with E-state index in [-0.39, 0.29) is 16.7 Å². The summed E-state index contributed by atoms with van der Waals surface area (Å²) >= 11 is 5.93. The number of aromatic nitrogens is 4. The third-order valence-corrected chi connectivity index (χ3v) is 6.89. The first-order valence-electron chi connectivity index (χ1n) is 11.9. The Labute approximate surface area is 213 Å². The number of benzene rings is 1. The van der Waals surface area contributed by atoms with Crippen LogP contribution in [0.25, 0.3) is 22.2 Å². The van der Waals surface area contributed by atoms with Gasteiger partial charge in [0.1, 0.15) is 28.7 Å². The minimum absolute atomic E-state index is 0.100. The highest BCUT2D eigenvalue weighted by Gasteiger charge is 2.47.